The number of aromatic nitrogens is 4. The Morgan fingerprint density at radius 2 is 2.22 bits per heavy atom. The van der Waals surface area contributed by atoms with Gasteiger partial charge in [0.15, 0.2) is 0 Å². The van der Waals surface area contributed by atoms with Gasteiger partial charge in [-0.25, -0.2) is 0 Å². The summed E-state index contributed by atoms with van der Waals surface area (Å²) in [6, 6.07) is 1.69. The van der Waals surface area contributed by atoms with Gasteiger partial charge in [-0.15, -0.1) is 0 Å². The molecular weight excluding hydrogens is 230 g/mol. The second-order valence-electron chi connectivity index (χ2n) is 4.09. The third-order valence-corrected chi connectivity index (χ3v) is 3.00. The standard InChI is InChI=1S/C12H17N5O/c1-4-17-9(2)10(8-15-17)7-13-12(18)11-5-6-14-16(11)3/h5-6,8H,4,7H2,1-3H3,(H,13,18). The molecule has 18 heavy (non-hydrogen) atoms. The molecule has 0 aromatic carbocycles. The summed E-state index contributed by atoms with van der Waals surface area (Å²) in [5, 5.41) is 11.1. The molecule has 0 unspecified atom stereocenters. The Kier molecular flexibility index (Phi) is 3.45. The maximum Gasteiger partial charge on any atom is 0.269 e. The van der Waals surface area contributed by atoms with Crippen LogP contribution in [0.2, 0.25) is 0 Å². The fraction of sp³-hybridized carbons (Fsp3) is 0.417. The first kappa shape index (κ1) is 12.3. The smallest absolute Gasteiger partial charge is 0.269 e. The van der Waals surface area contributed by atoms with E-state index in [1.807, 2.05) is 18.5 Å². The maximum atomic E-state index is 11.9. The van der Waals surface area contributed by atoms with Crippen LogP contribution in [0.3, 0.4) is 0 Å². The van der Waals surface area contributed by atoms with Crippen molar-refractivity contribution >= 4 is 5.91 Å². The van der Waals surface area contributed by atoms with E-state index in [0.29, 0.717) is 12.2 Å². The molecule has 0 spiro atoms. The molecule has 0 aliphatic rings. The van der Waals surface area contributed by atoms with Gasteiger partial charge in [0.2, 0.25) is 0 Å². The SMILES string of the molecule is CCn1ncc(CNC(=O)c2ccnn2C)c1C. The summed E-state index contributed by atoms with van der Waals surface area (Å²) in [5.41, 5.74) is 2.67. The van der Waals surface area contributed by atoms with Gasteiger partial charge in [0.1, 0.15) is 5.69 Å². The highest BCUT2D eigenvalue weighted by Gasteiger charge is 2.11. The van der Waals surface area contributed by atoms with Crippen LogP contribution in [0.5, 0.6) is 0 Å². The molecule has 6 nitrogen and oxygen atoms in total. The number of carbonyl (C=O) groups excluding carboxylic acids is 1. The first-order valence-electron chi connectivity index (χ1n) is 5.91. The second kappa shape index (κ2) is 5.03. The summed E-state index contributed by atoms with van der Waals surface area (Å²) in [4.78, 5) is 11.9. The van der Waals surface area contributed by atoms with Crippen LogP contribution in [-0.4, -0.2) is 25.5 Å². The highest BCUT2D eigenvalue weighted by atomic mass is 16.2. The predicted octanol–water partition coefficient (Wildman–Crippen LogP) is 0.875. The number of hydrogen-bond donors (Lipinski definition) is 1. The minimum absolute atomic E-state index is 0.126. The van der Waals surface area contributed by atoms with Crippen LogP contribution in [0.25, 0.3) is 0 Å². The van der Waals surface area contributed by atoms with E-state index in [2.05, 4.69) is 15.5 Å². The van der Waals surface area contributed by atoms with Crippen molar-refractivity contribution in [2.75, 3.05) is 0 Å². The number of hydrogen-bond acceptors (Lipinski definition) is 3. The van der Waals surface area contributed by atoms with Gasteiger partial charge < -0.3 is 5.32 Å². The van der Waals surface area contributed by atoms with Gasteiger partial charge in [-0.3, -0.25) is 14.2 Å². The molecule has 6 heteroatoms. The molecule has 96 valence electrons. The van der Waals surface area contributed by atoms with Crippen molar-refractivity contribution in [2.45, 2.75) is 26.9 Å². The molecule has 0 saturated heterocycles. The van der Waals surface area contributed by atoms with E-state index in [1.165, 1.54) is 0 Å². The number of carbonyl (C=O) groups is 1. The minimum atomic E-state index is -0.126. The Morgan fingerprint density at radius 3 is 2.78 bits per heavy atom. The van der Waals surface area contributed by atoms with Gasteiger partial charge in [0, 0.05) is 37.6 Å². The number of nitrogens with one attached hydrogen (secondary N) is 1. The lowest BCUT2D eigenvalue weighted by Gasteiger charge is -2.05. The van der Waals surface area contributed by atoms with Gasteiger partial charge in [0.05, 0.1) is 6.20 Å². The Bertz CT molecular complexity index is 555. The number of amides is 1. The van der Waals surface area contributed by atoms with Gasteiger partial charge in [-0.05, 0) is 19.9 Å². The molecule has 1 amide bonds. The lowest BCUT2D eigenvalue weighted by Crippen LogP contribution is -2.25. The summed E-state index contributed by atoms with van der Waals surface area (Å²) in [5.74, 6) is -0.126. The Hall–Kier alpha value is -2.11. The Morgan fingerprint density at radius 1 is 1.44 bits per heavy atom. The van der Waals surface area contributed by atoms with Crippen molar-refractivity contribution in [2.24, 2.45) is 7.05 Å². The van der Waals surface area contributed by atoms with Gasteiger partial charge in [-0.1, -0.05) is 0 Å². The van der Waals surface area contributed by atoms with Crippen LogP contribution in [0.15, 0.2) is 18.5 Å². The van der Waals surface area contributed by atoms with Gasteiger partial charge >= 0.3 is 0 Å². The lowest BCUT2D eigenvalue weighted by molar-refractivity contribution is 0.0941. The van der Waals surface area contributed by atoms with Crippen LogP contribution in [0.1, 0.15) is 28.7 Å². The van der Waals surface area contributed by atoms with E-state index in [4.69, 9.17) is 0 Å². The Balaban J connectivity index is 2.02. The molecule has 1 N–H and O–H groups in total. The lowest BCUT2D eigenvalue weighted by atomic mass is 10.2. The molecule has 2 aromatic rings. The van der Waals surface area contributed by atoms with E-state index >= 15 is 0 Å². The topological polar surface area (TPSA) is 64.7 Å². The molecule has 2 aromatic heterocycles. The van der Waals surface area contributed by atoms with Gasteiger partial charge in [-0.2, -0.15) is 10.2 Å². The van der Waals surface area contributed by atoms with Gasteiger partial charge in [0.25, 0.3) is 5.91 Å². The van der Waals surface area contributed by atoms with E-state index in [1.54, 1.807) is 30.2 Å². The van der Waals surface area contributed by atoms with Crippen molar-refractivity contribution in [1.29, 1.82) is 0 Å². The van der Waals surface area contributed by atoms with Crippen LogP contribution < -0.4 is 5.32 Å². The monoisotopic (exact) mass is 247 g/mol. The first-order chi connectivity index (χ1) is 8.63. The first-order valence-corrected chi connectivity index (χ1v) is 5.91. The average Bonchev–Trinajstić information content (AvgIpc) is 2.93. The summed E-state index contributed by atoms with van der Waals surface area (Å²) in [7, 11) is 1.75. The van der Waals surface area contributed by atoms with Crippen molar-refractivity contribution in [3.05, 3.63) is 35.4 Å². The predicted molar refractivity (Wildman–Crippen MR) is 67.0 cm³/mol. The molecule has 0 fully saturated rings. The van der Waals surface area contributed by atoms with Crippen LogP contribution in [0.4, 0.5) is 0 Å². The molecule has 2 heterocycles. The molecule has 0 radical (unpaired) electrons. The van der Waals surface area contributed by atoms with Crippen molar-refractivity contribution < 1.29 is 4.79 Å². The zero-order chi connectivity index (χ0) is 13.1. The fourth-order valence-corrected chi connectivity index (χ4v) is 1.84. The summed E-state index contributed by atoms with van der Waals surface area (Å²) in [6.45, 7) is 5.36. The summed E-state index contributed by atoms with van der Waals surface area (Å²) < 4.78 is 3.46. The summed E-state index contributed by atoms with van der Waals surface area (Å²) >= 11 is 0. The van der Waals surface area contributed by atoms with Crippen LogP contribution in [-0.2, 0) is 20.1 Å². The van der Waals surface area contributed by atoms with Crippen LogP contribution in [0, 0.1) is 6.92 Å². The zero-order valence-corrected chi connectivity index (χ0v) is 10.8. The maximum absolute atomic E-state index is 11.9. The minimum Gasteiger partial charge on any atom is -0.347 e. The quantitative estimate of drug-likeness (QED) is 0.872. The van der Waals surface area contributed by atoms with E-state index in [0.717, 1.165) is 17.8 Å². The molecule has 0 saturated carbocycles. The highest BCUT2D eigenvalue weighted by Crippen LogP contribution is 2.07. The normalized spacial score (nSPS) is 10.6. The molecule has 0 aliphatic carbocycles. The fourth-order valence-electron chi connectivity index (χ4n) is 1.84. The molecule has 0 bridgehead atoms. The van der Waals surface area contributed by atoms with E-state index in [9.17, 15) is 4.79 Å². The largest absolute Gasteiger partial charge is 0.347 e. The molecular formula is C12H17N5O. The highest BCUT2D eigenvalue weighted by molar-refractivity contribution is 5.92. The number of aryl methyl sites for hydroxylation is 2. The number of nitrogens with zero attached hydrogens (tertiary/aromatic N) is 4. The second-order valence-corrected chi connectivity index (χ2v) is 4.09. The molecule has 2 rings (SSSR count). The molecule has 0 aliphatic heterocycles. The molecule has 0 atom stereocenters. The van der Waals surface area contributed by atoms with E-state index in [-0.39, 0.29) is 5.91 Å². The van der Waals surface area contributed by atoms with E-state index < -0.39 is 0 Å². The Labute approximate surface area is 106 Å². The zero-order valence-electron chi connectivity index (χ0n) is 10.8. The van der Waals surface area contributed by atoms with Crippen LogP contribution >= 0.6 is 0 Å². The van der Waals surface area contributed by atoms with Crippen molar-refractivity contribution in [3.8, 4) is 0 Å². The average molecular weight is 247 g/mol. The number of rotatable bonds is 4. The third-order valence-electron chi connectivity index (χ3n) is 3.00. The summed E-state index contributed by atoms with van der Waals surface area (Å²) in [6.07, 6.45) is 3.40. The van der Waals surface area contributed by atoms with Crippen molar-refractivity contribution in [1.82, 2.24) is 24.9 Å². The van der Waals surface area contributed by atoms with Crippen molar-refractivity contribution in [3.63, 3.8) is 0 Å². The third kappa shape index (κ3) is 2.27.